The molecule has 0 bridgehead atoms. The number of aliphatic imine (C=N–C) groups is 1. The van der Waals surface area contributed by atoms with E-state index in [0.717, 1.165) is 21.4 Å². The minimum atomic E-state index is -3.95. The molecule has 1 unspecified atom stereocenters. The number of carbonyl (C=O) groups excluding carboxylic acids is 3. The molecule has 0 saturated carbocycles. The second kappa shape index (κ2) is 19.7. The van der Waals surface area contributed by atoms with E-state index in [1.54, 1.807) is 12.1 Å². The maximum atomic E-state index is 14.5. The molecule has 1 saturated heterocycles. The fourth-order valence-electron chi connectivity index (χ4n) is 6.90. The number of ether oxygens (including phenoxy) is 1. The fraction of sp³-hybridized carbons (Fsp3) is 0.326. The van der Waals surface area contributed by atoms with Gasteiger partial charge < -0.3 is 25.8 Å². The van der Waals surface area contributed by atoms with Gasteiger partial charge in [-0.3, -0.25) is 19.5 Å². The van der Waals surface area contributed by atoms with Crippen molar-refractivity contribution >= 4 is 55.4 Å². The van der Waals surface area contributed by atoms with Crippen LogP contribution in [0.5, 0.6) is 0 Å². The second-order valence-electron chi connectivity index (χ2n) is 14.5. The number of likely N-dealkylation sites (tertiary alicyclic amines) is 1. The second-order valence-corrected chi connectivity index (χ2v) is 17.2. The number of thiazole rings is 1. The van der Waals surface area contributed by atoms with Crippen LogP contribution in [0.1, 0.15) is 53.5 Å². The van der Waals surface area contributed by atoms with Gasteiger partial charge in [0.25, 0.3) is 10.0 Å². The number of hydrogen-bond acceptors (Lipinski definition) is 10. The molecule has 4 atom stereocenters. The molecular weight excluding hydrogens is 791 g/mol. The van der Waals surface area contributed by atoms with Crippen molar-refractivity contribution in [1.29, 1.82) is 0 Å². The molecule has 1 fully saturated rings. The van der Waals surface area contributed by atoms with Crippen LogP contribution in [0.4, 0.5) is 4.79 Å². The van der Waals surface area contributed by atoms with Gasteiger partial charge in [-0.2, -0.15) is 0 Å². The van der Waals surface area contributed by atoms with Crippen molar-refractivity contribution < 1.29 is 32.6 Å². The van der Waals surface area contributed by atoms with Crippen LogP contribution in [0.15, 0.2) is 119 Å². The van der Waals surface area contributed by atoms with Gasteiger partial charge in [0.1, 0.15) is 29.8 Å². The average molecular weight is 840 g/mol. The number of para-hydroxylation sites is 1. The number of sulfonamides is 1. The van der Waals surface area contributed by atoms with Crippen molar-refractivity contribution in [3.63, 3.8) is 0 Å². The molecule has 0 radical (unpaired) electrons. The highest BCUT2D eigenvalue weighted by Gasteiger charge is 2.41. The van der Waals surface area contributed by atoms with E-state index in [-0.39, 0.29) is 36.8 Å². The first-order valence-corrected chi connectivity index (χ1v) is 21.7. The van der Waals surface area contributed by atoms with Gasteiger partial charge in [0.2, 0.25) is 17.8 Å². The molecule has 310 valence electrons. The third-order valence-electron chi connectivity index (χ3n) is 10.2. The number of aliphatic hydroxyl groups excluding tert-OH is 1. The van der Waals surface area contributed by atoms with Crippen molar-refractivity contribution in [2.24, 2.45) is 10.7 Å². The van der Waals surface area contributed by atoms with Gasteiger partial charge in [-0.15, -0.1) is 11.3 Å². The van der Waals surface area contributed by atoms with Crippen molar-refractivity contribution in [1.82, 2.24) is 24.8 Å². The first kappa shape index (κ1) is 42.8. The van der Waals surface area contributed by atoms with Gasteiger partial charge in [0.05, 0.1) is 21.2 Å². The number of aromatic nitrogens is 1. The Kier molecular flexibility index (Phi) is 14.3. The number of nitrogens with zero attached hydrogens (tertiary/aromatic N) is 4. The molecule has 4 aromatic carbocycles. The zero-order valence-corrected chi connectivity index (χ0v) is 34.6. The number of benzene rings is 4. The van der Waals surface area contributed by atoms with Crippen LogP contribution in [-0.2, 0) is 37.4 Å². The highest BCUT2D eigenvalue weighted by Crippen LogP contribution is 2.30. The molecule has 5 N–H and O–H groups in total. The lowest BCUT2D eigenvalue weighted by Gasteiger charge is -2.33. The summed E-state index contributed by atoms with van der Waals surface area (Å²) in [5.41, 5.74) is 9.21. The Morgan fingerprint density at radius 1 is 0.983 bits per heavy atom. The van der Waals surface area contributed by atoms with E-state index in [4.69, 9.17) is 10.5 Å². The number of aliphatic hydroxyl groups is 1. The molecule has 1 aliphatic heterocycles. The number of carbonyl (C=O) groups is 3. The summed E-state index contributed by atoms with van der Waals surface area (Å²) < 4.78 is 34.4. The zero-order valence-electron chi connectivity index (χ0n) is 32.9. The first-order valence-electron chi connectivity index (χ1n) is 19.4. The summed E-state index contributed by atoms with van der Waals surface area (Å²) in [7, 11) is -2.42. The van der Waals surface area contributed by atoms with Crippen LogP contribution in [0.25, 0.3) is 10.2 Å². The predicted octanol–water partition coefficient (Wildman–Crippen LogP) is 5.07. The summed E-state index contributed by atoms with van der Waals surface area (Å²) in [5, 5.41) is 15.1. The number of fused-ring (bicyclic) bond motifs is 1. The Morgan fingerprint density at radius 2 is 1.64 bits per heavy atom. The van der Waals surface area contributed by atoms with Gasteiger partial charge in [0.15, 0.2) is 0 Å². The molecular formula is C43H49N7O7S2. The lowest BCUT2D eigenvalue weighted by atomic mass is 10.0. The van der Waals surface area contributed by atoms with Crippen LogP contribution in [0.2, 0.25) is 0 Å². The summed E-state index contributed by atoms with van der Waals surface area (Å²) in [6.45, 7) is 2.27. The monoisotopic (exact) mass is 839 g/mol. The van der Waals surface area contributed by atoms with Crippen molar-refractivity contribution in [2.45, 2.75) is 74.8 Å². The standard InChI is InChI=1S/C43H49N7O7S2/c1-29-21-23-32(24-22-29)59(55,56)48-42(44)45-25-11-18-34(38(51)40-47-33-17-9-10-20-37(33)58-40)46-39(52)35-19-12-26-50(35)41(53)36(27-30-13-5-3-6-14-30)49(2)43(54)57-28-31-15-7-4-8-16-31/h3-10,13-17,20-24,34-36,38,51H,11-12,18-19,25-28H2,1-2H3,(H,46,52)(H3,44,45,48)/t34-,35-,36+,38?/m1/s1. The van der Waals surface area contributed by atoms with E-state index in [9.17, 15) is 27.9 Å². The summed E-state index contributed by atoms with van der Waals surface area (Å²) in [5.74, 6) is -1.15. The number of hydrogen-bond donors (Lipinski definition) is 4. The van der Waals surface area contributed by atoms with Gasteiger partial charge in [-0.25, -0.2) is 22.9 Å². The maximum Gasteiger partial charge on any atom is 0.410 e. The van der Waals surface area contributed by atoms with Crippen molar-refractivity contribution in [3.05, 3.63) is 131 Å². The Balaban J connectivity index is 1.16. The molecule has 6 rings (SSSR count). The minimum Gasteiger partial charge on any atom is -0.445 e. The molecule has 5 aromatic rings. The maximum absolute atomic E-state index is 14.5. The average Bonchev–Trinajstić information content (AvgIpc) is 3.92. The van der Waals surface area contributed by atoms with E-state index in [1.807, 2.05) is 91.9 Å². The van der Waals surface area contributed by atoms with Gasteiger partial charge in [-0.05, 0) is 68.0 Å². The Labute approximate surface area is 348 Å². The minimum absolute atomic E-state index is 0.0321. The van der Waals surface area contributed by atoms with Gasteiger partial charge in [-0.1, -0.05) is 90.5 Å². The van der Waals surface area contributed by atoms with Crippen LogP contribution < -0.4 is 15.8 Å². The molecule has 14 nitrogen and oxygen atoms in total. The third-order valence-corrected chi connectivity index (χ3v) is 12.6. The highest BCUT2D eigenvalue weighted by molar-refractivity contribution is 7.90. The fourth-order valence-corrected chi connectivity index (χ4v) is 8.87. The topological polar surface area (TPSA) is 197 Å². The van der Waals surface area contributed by atoms with E-state index >= 15 is 0 Å². The van der Waals surface area contributed by atoms with E-state index in [2.05, 4.69) is 20.0 Å². The molecule has 2 heterocycles. The lowest BCUT2D eigenvalue weighted by molar-refractivity contribution is -0.142. The van der Waals surface area contributed by atoms with E-state index < -0.39 is 52.2 Å². The molecule has 0 aliphatic carbocycles. The van der Waals surface area contributed by atoms with E-state index in [1.165, 1.54) is 40.3 Å². The van der Waals surface area contributed by atoms with Crippen molar-refractivity contribution in [3.8, 4) is 0 Å². The smallest absolute Gasteiger partial charge is 0.410 e. The highest BCUT2D eigenvalue weighted by atomic mass is 32.2. The Bertz CT molecular complexity index is 2310. The lowest BCUT2D eigenvalue weighted by Crippen LogP contribution is -2.56. The molecule has 1 aliphatic rings. The molecule has 16 heteroatoms. The number of aryl methyl sites for hydroxylation is 1. The number of guanidine groups is 1. The Hall–Kier alpha value is -5.84. The van der Waals surface area contributed by atoms with Crippen LogP contribution in [-0.4, -0.2) is 90.4 Å². The van der Waals surface area contributed by atoms with Crippen LogP contribution >= 0.6 is 11.3 Å². The molecule has 0 spiro atoms. The largest absolute Gasteiger partial charge is 0.445 e. The Morgan fingerprint density at radius 3 is 2.34 bits per heavy atom. The molecule has 3 amide bonds. The first-order chi connectivity index (χ1) is 28.4. The van der Waals surface area contributed by atoms with Crippen LogP contribution in [0.3, 0.4) is 0 Å². The number of likely N-dealkylation sites (N-methyl/N-ethyl adjacent to an activating group) is 1. The quantitative estimate of drug-likeness (QED) is 0.0596. The molecule has 59 heavy (non-hydrogen) atoms. The third kappa shape index (κ3) is 11.2. The number of nitrogens with one attached hydrogen (secondary N) is 2. The zero-order chi connectivity index (χ0) is 41.9. The summed E-state index contributed by atoms with van der Waals surface area (Å²) in [6, 6.07) is 29.7. The predicted molar refractivity (Wildman–Crippen MR) is 227 cm³/mol. The van der Waals surface area contributed by atoms with Gasteiger partial charge in [0, 0.05) is 26.6 Å². The summed E-state index contributed by atoms with van der Waals surface area (Å²) in [6.07, 6.45) is -0.218. The number of nitrogens with two attached hydrogens (primary N) is 1. The summed E-state index contributed by atoms with van der Waals surface area (Å²) >= 11 is 1.31. The normalized spacial score (nSPS) is 15.9. The number of rotatable bonds is 16. The van der Waals surface area contributed by atoms with Gasteiger partial charge >= 0.3 is 6.09 Å². The molecule has 1 aromatic heterocycles. The summed E-state index contributed by atoms with van der Waals surface area (Å²) in [4.78, 5) is 53.7. The van der Waals surface area contributed by atoms with Crippen molar-refractivity contribution in [2.75, 3.05) is 20.1 Å². The van der Waals surface area contributed by atoms with E-state index in [0.29, 0.717) is 36.3 Å². The number of amides is 3. The SMILES string of the molecule is Cc1ccc(S(=O)(=O)NC(N)=NCCC[C@@H](NC(=O)[C@H]2CCCN2C(=O)[C@H](Cc2ccccc2)N(C)C(=O)OCc2ccccc2)C(O)c2nc3ccccc3s2)cc1. The van der Waals surface area contributed by atoms with Crippen LogP contribution in [0, 0.1) is 6.92 Å².